The van der Waals surface area contributed by atoms with E-state index in [9.17, 15) is 13.6 Å². The molecule has 78 valence electrons. The lowest BCUT2D eigenvalue weighted by Crippen LogP contribution is -2.31. The average Bonchev–Trinajstić information content (AvgIpc) is 2.35. The van der Waals surface area contributed by atoms with Gasteiger partial charge in [-0.25, -0.2) is 9.78 Å². The van der Waals surface area contributed by atoms with Gasteiger partial charge in [0.2, 0.25) is 0 Å². The smallest absolute Gasteiger partial charge is 0.374 e. The third-order valence-corrected chi connectivity index (χ3v) is 2.03. The van der Waals surface area contributed by atoms with Crippen molar-refractivity contribution in [2.45, 2.75) is 12.3 Å². The first-order chi connectivity index (χ1) is 6.34. The van der Waals surface area contributed by atoms with Gasteiger partial charge in [0.1, 0.15) is 5.15 Å². The Kier molecular flexibility index (Phi) is 2.75. The van der Waals surface area contributed by atoms with Crippen molar-refractivity contribution in [3.05, 3.63) is 17.2 Å². The van der Waals surface area contributed by atoms with E-state index in [2.05, 4.69) is 4.98 Å². The summed E-state index contributed by atoms with van der Waals surface area (Å²) >= 11 is 5.50. The number of carboxylic acid groups (broad SMARTS) is 1. The van der Waals surface area contributed by atoms with Crippen molar-refractivity contribution in [3.8, 4) is 0 Å². The predicted molar refractivity (Wildman–Crippen MR) is 44.5 cm³/mol. The molecule has 1 aromatic heterocycles. The normalized spacial score (nSPS) is 11.7. The summed E-state index contributed by atoms with van der Waals surface area (Å²) < 4.78 is 26.8. The molecule has 0 radical (unpaired) electrons. The molecule has 0 aliphatic carbocycles. The minimum atomic E-state index is -3.82. The molecule has 0 fully saturated rings. The quantitative estimate of drug-likeness (QED) is 0.843. The molecular formula is C7H7ClF2N2O2. The van der Waals surface area contributed by atoms with Gasteiger partial charge in [-0.3, -0.25) is 0 Å². The number of aromatic nitrogens is 2. The van der Waals surface area contributed by atoms with Crippen molar-refractivity contribution >= 4 is 17.6 Å². The van der Waals surface area contributed by atoms with E-state index in [1.165, 1.54) is 17.9 Å². The first-order valence-corrected chi connectivity index (χ1v) is 3.99. The zero-order valence-corrected chi connectivity index (χ0v) is 7.92. The van der Waals surface area contributed by atoms with Gasteiger partial charge in [-0.15, -0.1) is 0 Å². The van der Waals surface area contributed by atoms with Crippen LogP contribution in [0.5, 0.6) is 0 Å². The fourth-order valence-electron chi connectivity index (χ4n) is 0.911. The summed E-state index contributed by atoms with van der Waals surface area (Å²) in [5.74, 6) is -5.99. The number of nitrogens with zero attached hydrogens (tertiary/aromatic N) is 2. The second kappa shape index (κ2) is 3.53. The number of halogens is 3. The highest BCUT2D eigenvalue weighted by Crippen LogP contribution is 2.24. The minimum Gasteiger partial charge on any atom is -0.477 e. The van der Waals surface area contributed by atoms with Crippen LogP contribution in [0, 0.1) is 0 Å². The van der Waals surface area contributed by atoms with Crippen LogP contribution >= 0.6 is 11.6 Å². The lowest BCUT2D eigenvalue weighted by Gasteiger charge is -2.11. The monoisotopic (exact) mass is 224 g/mol. The van der Waals surface area contributed by atoms with Crippen LogP contribution in [0.25, 0.3) is 0 Å². The van der Waals surface area contributed by atoms with E-state index < -0.39 is 18.3 Å². The predicted octanol–water partition coefficient (Wildman–Crippen LogP) is 1.34. The number of hydrogen-bond donors (Lipinski definition) is 1. The number of carboxylic acids is 1. The number of imidazole rings is 1. The lowest BCUT2D eigenvalue weighted by atomic mass is 10.2. The number of aliphatic carboxylic acids is 1. The van der Waals surface area contributed by atoms with Crippen LogP contribution in [0.15, 0.2) is 6.33 Å². The van der Waals surface area contributed by atoms with Crippen molar-refractivity contribution in [1.82, 2.24) is 9.55 Å². The van der Waals surface area contributed by atoms with Crippen molar-refractivity contribution in [2.24, 2.45) is 7.05 Å². The fraction of sp³-hybridized carbons (Fsp3) is 0.429. The van der Waals surface area contributed by atoms with E-state index in [-0.39, 0.29) is 10.8 Å². The maximum atomic E-state index is 12.8. The lowest BCUT2D eigenvalue weighted by molar-refractivity contribution is -0.164. The van der Waals surface area contributed by atoms with E-state index in [1.54, 1.807) is 0 Å². The molecule has 0 aromatic carbocycles. The van der Waals surface area contributed by atoms with Crippen LogP contribution in [0.1, 0.15) is 5.69 Å². The highest BCUT2D eigenvalue weighted by Gasteiger charge is 2.40. The van der Waals surface area contributed by atoms with Crippen LogP contribution < -0.4 is 0 Å². The topological polar surface area (TPSA) is 55.1 Å². The Morgan fingerprint density at radius 2 is 2.36 bits per heavy atom. The summed E-state index contributed by atoms with van der Waals surface area (Å²) in [5.41, 5.74) is -0.000864. The zero-order valence-electron chi connectivity index (χ0n) is 7.17. The van der Waals surface area contributed by atoms with E-state index in [0.717, 1.165) is 0 Å². The standard InChI is InChI=1S/C7H7ClF2N2O2/c1-12-3-11-5(8)4(12)2-7(9,10)6(13)14/h3H,2H2,1H3,(H,13,14). The summed E-state index contributed by atoms with van der Waals surface area (Å²) in [4.78, 5) is 13.7. The van der Waals surface area contributed by atoms with Crippen LogP contribution in [0.4, 0.5) is 8.78 Å². The maximum Gasteiger partial charge on any atom is 0.374 e. The average molecular weight is 225 g/mol. The molecule has 1 N–H and O–H groups in total. The SMILES string of the molecule is Cn1cnc(Cl)c1CC(F)(F)C(=O)O. The number of alkyl halides is 2. The Morgan fingerprint density at radius 1 is 1.79 bits per heavy atom. The Hall–Kier alpha value is -1.17. The van der Waals surface area contributed by atoms with Crippen LogP contribution in [-0.4, -0.2) is 26.5 Å². The van der Waals surface area contributed by atoms with Crippen molar-refractivity contribution in [2.75, 3.05) is 0 Å². The summed E-state index contributed by atoms with van der Waals surface area (Å²) in [6.07, 6.45) is 0.285. The molecular weight excluding hydrogens is 218 g/mol. The molecule has 14 heavy (non-hydrogen) atoms. The summed E-state index contributed by atoms with van der Waals surface area (Å²) in [5, 5.41) is 8.10. The molecule has 0 saturated heterocycles. The van der Waals surface area contributed by atoms with Gasteiger partial charge in [-0.1, -0.05) is 11.6 Å². The van der Waals surface area contributed by atoms with E-state index in [1.807, 2.05) is 0 Å². The number of rotatable bonds is 3. The highest BCUT2D eigenvalue weighted by atomic mass is 35.5. The van der Waals surface area contributed by atoms with Gasteiger partial charge in [-0.2, -0.15) is 8.78 Å². The molecule has 0 atom stereocenters. The Labute approximate surface area is 83.1 Å². The zero-order chi connectivity index (χ0) is 10.9. The van der Waals surface area contributed by atoms with E-state index in [0.29, 0.717) is 0 Å². The summed E-state index contributed by atoms with van der Waals surface area (Å²) in [7, 11) is 1.46. The largest absolute Gasteiger partial charge is 0.477 e. The van der Waals surface area contributed by atoms with Crippen LogP contribution in [0.2, 0.25) is 5.15 Å². The molecule has 0 unspecified atom stereocenters. The van der Waals surface area contributed by atoms with Crippen molar-refractivity contribution in [3.63, 3.8) is 0 Å². The Morgan fingerprint density at radius 3 is 2.71 bits per heavy atom. The molecule has 0 spiro atoms. The molecule has 1 aromatic rings. The molecule has 0 saturated carbocycles. The van der Waals surface area contributed by atoms with E-state index in [4.69, 9.17) is 16.7 Å². The first-order valence-electron chi connectivity index (χ1n) is 3.61. The summed E-state index contributed by atoms with van der Waals surface area (Å²) in [6, 6.07) is 0. The van der Waals surface area contributed by atoms with Gasteiger partial charge in [0.15, 0.2) is 0 Å². The molecule has 4 nitrogen and oxygen atoms in total. The van der Waals surface area contributed by atoms with Crippen molar-refractivity contribution < 1.29 is 18.7 Å². The van der Waals surface area contributed by atoms with Gasteiger partial charge in [0.05, 0.1) is 18.4 Å². The second-order valence-corrected chi connectivity index (χ2v) is 3.14. The molecule has 7 heteroatoms. The van der Waals surface area contributed by atoms with Gasteiger partial charge in [0.25, 0.3) is 0 Å². The van der Waals surface area contributed by atoms with E-state index >= 15 is 0 Å². The minimum absolute atomic E-state index is 0.000864. The fourth-order valence-corrected chi connectivity index (χ4v) is 1.15. The first kappa shape index (κ1) is 10.9. The Bertz CT molecular complexity index is 345. The second-order valence-electron chi connectivity index (χ2n) is 2.78. The van der Waals surface area contributed by atoms with Crippen LogP contribution in [0.3, 0.4) is 0 Å². The maximum absolute atomic E-state index is 12.8. The van der Waals surface area contributed by atoms with Crippen LogP contribution in [-0.2, 0) is 18.3 Å². The summed E-state index contributed by atoms with van der Waals surface area (Å²) in [6.45, 7) is 0. The molecule has 0 aliphatic rings. The molecule has 0 amide bonds. The van der Waals surface area contributed by atoms with Gasteiger partial charge < -0.3 is 9.67 Å². The molecule has 1 rings (SSSR count). The third-order valence-electron chi connectivity index (χ3n) is 1.71. The van der Waals surface area contributed by atoms with Gasteiger partial charge >= 0.3 is 11.9 Å². The van der Waals surface area contributed by atoms with Crippen molar-refractivity contribution in [1.29, 1.82) is 0 Å². The van der Waals surface area contributed by atoms with Gasteiger partial charge in [-0.05, 0) is 0 Å². The number of aryl methyl sites for hydroxylation is 1. The molecule has 0 bridgehead atoms. The highest BCUT2D eigenvalue weighted by molar-refractivity contribution is 6.30. The van der Waals surface area contributed by atoms with Gasteiger partial charge in [0, 0.05) is 7.05 Å². The Balaban J connectivity index is 2.94. The number of carbonyl (C=O) groups is 1. The number of hydrogen-bond acceptors (Lipinski definition) is 2. The third kappa shape index (κ3) is 2.01. The molecule has 0 aliphatic heterocycles. The molecule has 1 heterocycles.